The molecule has 7 nitrogen and oxygen atoms in total. The van der Waals surface area contributed by atoms with Crippen LogP contribution < -0.4 is 10.2 Å². The fourth-order valence-electron chi connectivity index (χ4n) is 3.18. The Morgan fingerprint density at radius 1 is 1.07 bits per heavy atom. The quantitative estimate of drug-likeness (QED) is 0.780. The van der Waals surface area contributed by atoms with Crippen LogP contribution >= 0.6 is 23.2 Å². The molecule has 1 aliphatic heterocycles. The highest BCUT2D eigenvalue weighted by molar-refractivity contribution is 6.36. The van der Waals surface area contributed by atoms with Crippen LogP contribution in [0.3, 0.4) is 0 Å². The summed E-state index contributed by atoms with van der Waals surface area (Å²) in [5.41, 5.74) is 0.292. The number of carbonyl (C=O) groups is 2. The van der Waals surface area contributed by atoms with Gasteiger partial charge >= 0.3 is 0 Å². The van der Waals surface area contributed by atoms with Gasteiger partial charge in [-0.2, -0.15) is 0 Å². The Kier molecular flexibility index (Phi) is 6.92. The number of anilines is 1. The van der Waals surface area contributed by atoms with Crippen LogP contribution in [-0.2, 0) is 4.79 Å². The van der Waals surface area contributed by atoms with Gasteiger partial charge in [0.2, 0.25) is 11.9 Å². The van der Waals surface area contributed by atoms with E-state index in [-0.39, 0.29) is 16.8 Å². The van der Waals surface area contributed by atoms with Crippen LogP contribution in [0.4, 0.5) is 5.95 Å². The summed E-state index contributed by atoms with van der Waals surface area (Å²) < 4.78 is 0. The van der Waals surface area contributed by atoms with E-state index in [0.717, 1.165) is 0 Å². The Morgan fingerprint density at radius 2 is 1.72 bits per heavy atom. The standard InChI is InChI=1S/C20H23Cl2N5O2/c1-13(2)17(25-18(28)15-5-4-14(21)12-16(15)22)19(29)26-8-10-27(11-9-26)20-23-6-3-7-24-20/h3-7,12-13,17H,8-11H2,1-2H3,(H,25,28)/t17-/m1/s1. The van der Waals surface area contributed by atoms with Crippen LogP contribution in [0.25, 0.3) is 0 Å². The number of nitrogens with zero attached hydrogens (tertiary/aromatic N) is 4. The van der Waals surface area contributed by atoms with Crippen molar-refractivity contribution in [2.75, 3.05) is 31.1 Å². The van der Waals surface area contributed by atoms with Crippen LogP contribution in [0.5, 0.6) is 0 Å². The molecule has 2 heterocycles. The lowest BCUT2D eigenvalue weighted by atomic mass is 10.0. The van der Waals surface area contributed by atoms with Crippen molar-refractivity contribution in [1.82, 2.24) is 20.2 Å². The van der Waals surface area contributed by atoms with E-state index in [1.54, 1.807) is 35.5 Å². The van der Waals surface area contributed by atoms with Crippen LogP contribution in [0.1, 0.15) is 24.2 Å². The van der Waals surface area contributed by atoms with Gasteiger partial charge in [0, 0.05) is 43.6 Å². The molecule has 2 amide bonds. The van der Waals surface area contributed by atoms with Crippen molar-refractivity contribution in [3.63, 3.8) is 0 Å². The van der Waals surface area contributed by atoms with Gasteiger partial charge in [0.1, 0.15) is 6.04 Å². The lowest BCUT2D eigenvalue weighted by molar-refractivity contribution is -0.134. The van der Waals surface area contributed by atoms with Crippen molar-refractivity contribution >= 4 is 41.0 Å². The highest BCUT2D eigenvalue weighted by Gasteiger charge is 2.31. The van der Waals surface area contributed by atoms with E-state index < -0.39 is 11.9 Å². The summed E-state index contributed by atoms with van der Waals surface area (Å²) >= 11 is 12.0. The number of aromatic nitrogens is 2. The first-order valence-corrected chi connectivity index (χ1v) is 10.2. The van der Waals surface area contributed by atoms with Gasteiger partial charge < -0.3 is 15.1 Å². The van der Waals surface area contributed by atoms with E-state index in [0.29, 0.717) is 42.7 Å². The number of hydrogen-bond donors (Lipinski definition) is 1. The molecule has 0 aliphatic carbocycles. The normalized spacial score (nSPS) is 15.3. The lowest BCUT2D eigenvalue weighted by Gasteiger charge is -2.37. The van der Waals surface area contributed by atoms with Crippen LogP contribution in [-0.4, -0.2) is 58.9 Å². The summed E-state index contributed by atoms with van der Waals surface area (Å²) in [7, 11) is 0. The molecule has 1 fully saturated rings. The SMILES string of the molecule is CC(C)[C@@H](NC(=O)c1ccc(Cl)cc1Cl)C(=O)N1CCN(c2ncccn2)CC1. The zero-order valence-corrected chi connectivity index (χ0v) is 17.8. The second-order valence-corrected chi connectivity index (χ2v) is 8.02. The Morgan fingerprint density at radius 3 is 2.31 bits per heavy atom. The van der Waals surface area contributed by atoms with Gasteiger partial charge in [-0.05, 0) is 30.2 Å². The first-order chi connectivity index (χ1) is 13.9. The molecule has 0 bridgehead atoms. The first kappa shape index (κ1) is 21.3. The maximum Gasteiger partial charge on any atom is 0.253 e. The molecule has 1 aromatic carbocycles. The fourth-order valence-corrected chi connectivity index (χ4v) is 3.68. The number of hydrogen-bond acceptors (Lipinski definition) is 5. The summed E-state index contributed by atoms with van der Waals surface area (Å²) in [5, 5.41) is 3.54. The van der Waals surface area contributed by atoms with Gasteiger partial charge in [0.25, 0.3) is 5.91 Å². The third kappa shape index (κ3) is 5.16. The van der Waals surface area contributed by atoms with E-state index in [2.05, 4.69) is 15.3 Å². The Hall–Kier alpha value is -2.38. The van der Waals surface area contributed by atoms with E-state index >= 15 is 0 Å². The minimum Gasteiger partial charge on any atom is -0.340 e. The van der Waals surface area contributed by atoms with Gasteiger partial charge in [-0.3, -0.25) is 9.59 Å². The minimum atomic E-state index is -0.645. The minimum absolute atomic E-state index is 0.0759. The number of nitrogens with one attached hydrogen (secondary N) is 1. The van der Waals surface area contributed by atoms with Gasteiger partial charge in [-0.25, -0.2) is 9.97 Å². The van der Waals surface area contributed by atoms with Gasteiger partial charge in [-0.1, -0.05) is 37.0 Å². The third-order valence-corrected chi connectivity index (χ3v) is 5.37. The van der Waals surface area contributed by atoms with Gasteiger partial charge in [-0.15, -0.1) is 0 Å². The molecule has 0 unspecified atom stereocenters. The van der Waals surface area contributed by atoms with E-state index in [9.17, 15) is 9.59 Å². The molecule has 1 aliphatic rings. The molecule has 0 spiro atoms. The zero-order valence-electron chi connectivity index (χ0n) is 16.3. The molecule has 9 heteroatoms. The molecule has 154 valence electrons. The molecule has 3 rings (SSSR count). The fraction of sp³-hybridized carbons (Fsp3) is 0.400. The molecule has 0 saturated carbocycles. The Bertz CT molecular complexity index is 870. The summed E-state index contributed by atoms with van der Waals surface area (Å²) in [6.07, 6.45) is 3.40. The Labute approximate surface area is 180 Å². The molecular formula is C20H23Cl2N5O2. The number of benzene rings is 1. The van der Waals surface area contributed by atoms with E-state index in [1.807, 2.05) is 18.7 Å². The third-order valence-electron chi connectivity index (χ3n) is 4.82. The van der Waals surface area contributed by atoms with Crippen molar-refractivity contribution in [1.29, 1.82) is 0 Å². The monoisotopic (exact) mass is 435 g/mol. The number of amides is 2. The molecule has 1 atom stereocenters. The van der Waals surface area contributed by atoms with Crippen molar-refractivity contribution < 1.29 is 9.59 Å². The van der Waals surface area contributed by atoms with E-state index in [4.69, 9.17) is 23.2 Å². The van der Waals surface area contributed by atoms with Gasteiger partial charge in [0.15, 0.2) is 0 Å². The van der Waals surface area contributed by atoms with E-state index in [1.165, 1.54) is 6.07 Å². The number of carbonyl (C=O) groups excluding carboxylic acids is 2. The second-order valence-electron chi connectivity index (χ2n) is 7.18. The predicted molar refractivity (Wildman–Crippen MR) is 113 cm³/mol. The summed E-state index contributed by atoms with van der Waals surface area (Å²) in [6.45, 7) is 6.16. The van der Waals surface area contributed by atoms with Crippen LogP contribution in [0.2, 0.25) is 10.0 Å². The van der Waals surface area contributed by atoms with Gasteiger partial charge in [0.05, 0.1) is 10.6 Å². The summed E-state index contributed by atoms with van der Waals surface area (Å²) in [4.78, 5) is 38.1. The molecular weight excluding hydrogens is 413 g/mol. The highest BCUT2D eigenvalue weighted by Crippen LogP contribution is 2.21. The molecule has 29 heavy (non-hydrogen) atoms. The molecule has 1 N–H and O–H groups in total. The van der Waals surface area contributed by atoms with Crippen molar-refractivity contribution in [2.24, 2.45) is 5.92 Å². The van der Waals surface area contributed by atoms with Crippen LogP contribution in [0.15, 0.2) is 36.7 Å². The second kappa shape index (κ2) is 9.41. The largest absolute Gasteiger partial charge is 0.340 e. The summed E-state index contributed by atoms with van der Waals surface area (Å²) in [6, 6.07) is 5.79. The predicted octanol–water partition coefficient (Wildman–Crippen LogP) is 2.89. The average molecular weight is 436 g/mol. The van der Waals surface area contributed by atoms with Crippen molar-refractivity contribution in [3.8, 4) is 0 Å². The number of halogens is 2. The Balaban J connectivity index is 1.65. The first-order valence-electron chi connectivity index (χ1n) is 9.43. The smallest absolute Gasteiger partial charge is 0.253 e. The summed E-state index contributed by atoms with van der Waals surface area (Å²) in [5.74, 6) is 0.0841. The molecule has 2 aromatic rings. The average Bonchev–Trinajstić information content (AvgIpc) is 2.72. The number of rotatable bonds is 5. The maximum absolute atomic E-state index is 13.1. The highest BCUT2D eigenvalue weighted by atomic mass is 35.5. The molecule has 1 saturated heterocycles. The number of piperazine rings is 1. The lowest BCUT2D eigenvalue weighted by Crippen LogP contribution is -2.56. The molecule has 1 aromatic heterocycles. The van der Waals surface area contributed by atoms with Crippen molar-refractivity contribution in [3.05, 3.63) is 52.3 Å². The van der Waals surface area contributed by atoms with Crippen molar-refractivity contribution in [2.45, 2.75) is 19.9 Å². The maximum atomic E-state index is 13.1. The van der Waals surface area contributed by atoms with Crippen LogP contribution in [0, 0.1) is 5.92 Å². The topological polar surface area (TPSA) is 78.4 Å². The molecule has 0 radical (unpaired) electrons. The zero-order chi connectivity index (χ0) is 21.0.